The molecule has 2 fully saturated rings. The van der Waals surface area contributed by atoms with Gasteiger partial charge >= 0.3 is 6.03 Å². The predicted octanol–water partition coefficient (Wildman–Crippen LogP) is 3.64. The molecule has 1 saturated carbocycles. The second-order valence-electron chi connectivity index (χ2n) is 7.98. The van der Waals surface area contributed by atoms with Gasteiger partial charge in [-0.15, -0.1) is 0 Å². The number of carbonyl (C=O) groups is 1. The Morgan fingerprint density at radius 1 is 1.44 bits per heavy atom. The molecule has 4 nitrogen and oxygen atoms in total. The number of rotatable bonds is 5. The monoisotopic (exact) mass is 348 g/mol. The van der Waals surface area contributed by atoms with Crippen LogP contribution in [0.25, 0.3) is 0 Å². The second-order valence-corrected chi connectivity index (χ2v) is 7.98. The van der Waals surface area contributed by atoms with Crippen LogP contribution in [0.2, 0.25) is 0 Å². The van der Waals surface area contributed by atoms with Crippen molar-refractivity contribution in [3.05, 3.63) is 35.1 Å². The first-order valence-electron chi connectivity index (χ1n) is 9.37. The van der Waals surface area contributed by atoms with Crippen molar-refractivity contribution in [3.63, 3.8) is 0 Å². The number of hydrogen-bond acceptors (Lipinski definition) is 2. The number of halogens is 1. The van der Waals surface area contributed by atoms with Gasteiger partial charge in [-0.3, -0.25) is 0 Å². The molecule has 1 aromatic carbocycles. The van der Waals surface area contributed by atoms with Gasteiger partial charge in [-0.2, -0.15) is 0 Å². The Kier molecular flexibility index (Phi) is 5.32. The highest BCUT2D eigenvalue weighted by Crippen LogP contribution is 2.40. The first-order chi connectivity index (χ1) is 11.9. The van der Waals surface area contributed by atoms with E-state index in [1.807, 2.05) is 6.07 Å². The van der Waals surface area contributed by atoms with Crippen LogP contribution in [0.5, 0.6) is 0 Å². The van der Waals surface area contributed by atoms with Crippen molar-refractivity contribution in [2.45, 2.75) is 52.0 Å². The fourth-order valence-corrected chi connectivity index (χ4v) is 3.78. The quantitative estimate of drug-likeness (QED) is 0.853. The van der Waals surface area contributed by atoms with E-state index in [1.54, 1.807) is 17.0 Å². The van der Waals surface area contributed by atoms with Crippen LogP contribution in [0.3, 0.4) is 0 Å². The Hall–Kier alpha value is -1.62. The molecule has 0 radical (unpaired) electrons. The number of nitrogens with zero attached hydrogens (tertiary/aromatic N) is 1. The molecule has 1 aliphatic carbocycles. The number of piperidine rings is 1. The van der Waals surface area contributed by atoms with Gasteiger partial charge in [0.05, 0.1) is 6.61 Å². The summed E-state index contributed by atoms with van der Waals surface area (Å²) in [5.74, 6) is 0.588. The Morgan fingerprint density at radius 2 is 2.20 bits per heavy atom. The summed E-state index contributed by atoms with van der Waals surface area (Å²) in [7, 11) is 0. The van der Waals surface area contributed by atoms with Crippen LogP contribution in [0.4, 0.5) is 9.18 Å². The lowest BCUT2D eigenvalue weighted by Crippen LogP contribution is -2.52. The molecule has 138 valence electrons. The van der Waals surface area contributed by atoms with Gasteiger partial charge in [0.15, 0.2) is 0 Å². The zero-order valence-electron chi connectivity index (χ0n) is 15.2. The first kappa shape index (κ1) is 18.2. The zero-order valence-corrected chi connectivity index (χ0v) is 15.2. The summed E-state index contributed by atoms with van der Waals surface area (Å²) in [6.07, 6.45) is 4.11. The number of amides is 2. The number of aliphatic hydroxyl groups is 1. The number of aliphatic hydroxyl groups excluding tert-OH is 1. The number of nitrogens with one attached hydrogen (secondary N) is 1. The molecular formula is C20H29FN2O2. The van der Waals surface area contributed by atoms with Gasteiger partial charge in [-0.1, -0.05) is 26.0 Å². The van der Waals surface area contributed by atoms with Crippen LogP contribution in [0.1, 0.15) is 56.6 Å². The van der Waals surface area contributed by atoms with Gasteiger partial charge in [0.1, 0.15) is 5.82 Å². The Labute approximate surface area is 149 Å². The minimum absolute atomic E-state index is 0.0890. The molecular weight excluding hydrogens is 319 g/mol. The Bertz CT molecular complexity index is 630. The lowest BCUT2D eigenvalue weighted by Gasteiger charge is -2.44. The van der Waals surface area contributed by atoms with Gasteiger partial charge in [0.25, 0.3) is 0 Å². The first-order valence-corrected chi connectivity index (χ1v) is 9.37. The second kappa shape index (κ2) is 7.32. The van der Waals surface area contributed by atoms with Crippen molar-refractivity contribution >= 4 is 6.03 Å². The molecule has 1 saturated heterocycles. The van der Waals surface area contributed by atoms with Crippen molar-refractivity contribution in [1.29, 1.82) is 0 Å². The van der Waals surface area contributed by atoms with E-state index in [2.05, 4.69) is 19.2 Å². The molecule has 1 unspecified atom stereocenters. The summed E-state index contributed by atoms with van der Waals surface area (Å²) in [6, 6.07) is 5.18. The smallest absolute Gasteiger partial charge is 0.317 e. The van der Waals surface area contributed by atoms with Gasteiger partial charge in [0.2, 0.25) is 0 Å². The van der Waals surface area contributed by atoms with Crippen LogP contribution >= 0.6 is 0 Å². The summed E-state index contributed by atoms with van der Waals surface area (Å²) in [5.41, 5.74) is 1.35. The topological polar surface area (TPSA) is 52.6 Å². The van der Waals surface area contributed by atoms with Crippen LogP contribution < -0.4 is 5.32 Å². The molecule has 1 aromatic rings. The van der Waals surface area contributed by atoms with Gasteiger partial charge < -0.3 is 15.3 Å². The maximum atomic E-state index is 14.2. The Balaban J connectivity index is 1.58. The van der Waals surface area contributed by atoms with E-state index in [4.69, 9.17) is 0 Å². The molecule has 5 heteroatoms. The Morgan fingerprint density at radius 3 is 2.80 bits per heavy atom. The van der Waals surface area contributed by atoms with E-state index >= 15 is 0 Å². The van der Waals surface area contributed by atoms with Gasteiger partial charge in [-0.05, 0) is 49.1 Å². The molecule has 0 bridgehead atoms. The summed E-state index contributed by atoms with van der Waals surface area (Å²) < 4.78 is 14.2. The van der Waals surface area contributed by atoms with Crippen molar-refractivity contribution in [2.24, 2.45) is 11.3 Å². The standard InChI is InChI=1S/C20H29FN2O2/c1-14(2)20(13-24)8-3-9-23(12-20)19(25)22-11-17-7-6-16(10-18(17)21)15-4-5-15/h6-7,10,14-15,24H,3-5,8-9,11-13H2,1-2H3,(H,22,25). The molecule has 2 N–H and O–H groups in total. The van der Waals surface area contributed by atoms with E-state index in [9.17, 15) is 14.3 Å². The van der Waals surface area contributed by atoms with E-state index in [-0.39, 0.29) is 30.4 Å². The molecule has 2 amide bonds. The zero-order chi connectivity index (χ0) is 18.0. The highest BCUT2D eigenvalue weighted by Gasteiger charge is 2.39. The lowest BCUT2D eigenvalue weighted by atomic mass is 9.72. The lowest BCUT2D eigenvalue weighted by molar-refractivity contribution is 0.0108. The average Bonchev–Trinajstić information content (AvgIpc) is 3.45. The third kappa shape index (κ3) is 3.97. The van der Waals surface area contributed by atoms with Crippen molar-refractivity contribution in [1.82, 2.24) is 10.2 Å². The molecule has 0 spiro atoms. The summed E-state index contributed by atoms with van der Waals surface area (Å²) in [4.78, 5) is 14.3. The maximum absolute atomic E-state index is 14.2. The fourth-order valence-electron chi connectivity index (χ4n) is 3.78. The molecule has 3 rings (SSSR count). The van der Waals surface area contributed by atoms with Gasteiger partial charge in [-0.25, -0.2) is 9.18 Å². The number of benzene rings is 1. The van der Waals surface area contributed by atoms with Crippen LogP contribution in [0.15, 0.2) is 18.2 Å². The molecule has 1 aliphatic heterocycles. The summed E-state index contributed by atoms with van der Waals surface area (Å²) in [6.45, 7) is 5.70. The number of urea groups is 1. The number of likely N-dealkylation sites (tertiary alicyclic amines) is 1. The fraction of sp³-hybridized carbons (Fsp3) is 0.650. The molecule has 1 atom stereocenters. The molecule has 1 heterocycles. The highest BCUT2D eigenvalue weighted by molar-refractivity contribution is 5.74. The van der Waals surface area contributed by atoms with Crippen molar-refractivity contribution in [2.75, 3.05) is 19.7 Å². The third-order valence-electron chi connectivity index (χ3n) is 5.99. The normalized spacial score (nSPS) is 23.8. The minimum atomic E-state index is -0.241. The summed E-state index contributed by atoms with van der Waals surface area (Å²) >= 11 is 0. The van der Waals surface area contributed by atoms with Gasteiger partial charge in [0, 0.05) is 30.6 Å². The van der Waals surface area contributed by atoms with E-state index in [0.29, 0.717) is 30.5 Å². The molecule has 25 heavy (non-hydrogen) atoms. The van der Waals surface area contributed by atoms with Crippen molar-refractivity contribution < 1.29 is 14.3 Å². The predicted molar refractivity (Wildman–Crippen MR) is 95.8 cm³/mol. The number of carbonyl (C=O) groups excluding carboxylic acids is 1. The van der Waals surface area contributed by atoms with Crippen molar-refractivity contribution in [3.8, 4) is 0 Å². The average molecular weight is 348 g/mol. The number of hydrogen-bond donors (Lipinski definition) is 2. The SMILES string of the molecule is CC(C)C1(CO)CCCN(C(=O)NCc2ccc(C3CC3)cc2F)C1. The van der Waals surface area contributed by atoms with Crippen LogP contribution in [-0.2, 0) is 6.54 Å². The third-order valence-corrected chi connectivity index (χ3v) is 5.99. The van der Waals surface area contributed by atoms with Crippen LogP contribution in [-0.4, -0.2) is 35.7 Å². The van der Waals surface area contributed by atoms with Crippen LogP contribution in [0, 0.1) is 17.2 Å². The van der Waals surface area contributed by atoms with E-state index in [0.717, 1.165) is 31.2 Å². The maximum Gasteiger partial charge on any atom is 0.317 e. The minimum Gasteiger partial charge on any atom is -0.396 e. The molecule has 0 aromatic heterocycles. The van der Waals surface area contributed by atoms with E-state index < -0.39 is 0 Å². The van der Waals surface area contributed by atoms with E-state index in [1.165, 1.54) is 0 Å². The highest BCUT2D eigenvalue weighted by atomic mass is 19.1. The largest absolute Gasteiger partial charge is 0.396 e. The molecule has 2 aliphatic rings. The summed E-state index contributed by atoms with van der Waals surface area (Å²) in [5, 5.41) is 12.7.